The van der Waals surface area contributed by atoms with E-state index in [0.717, 1.165) is 35.5 Å². The van der Waals surface area contributed by atoms with Crippen LogP contribution in [-0.4, -0.2) is 36.5 Å². The van der Waals surface area contributed by atoms with E-state index < -0.39 is 0 Å². The molecule has 3 aromatic rings. The van der Waals surface area contributed by atoms with Gasteiger partial charge in [-0.15, -0.1) is 10.2 Å². The second-order valence-electron chi connectivity index (χ2n) is 5.10. The van der Waals surface area contributed by atoms with E-state index in [2.05, 4.69) is 33.6 Å². The molecule has 0 bridgehead atoms. The average molecular weight is 297 g/mol. The summed E-state index contributed by atoms with van der Waals surface area (Å²) >= 11 is 0. The number of nitrogens with zero attached hydrogens (tertiary/aromatic N) is 6. The molecule has 3 rings (SSSR count). The molecule has 0 unspecified atom stereocenters. The number of aromatic nitrogens is 6. The van der Waals surface area contributed by atoms with E-state index in [4.69, 9.17) is 5.73 Å². The molecule has 2 aromatic heterocycles. The van der Waals surface area contributed by atoms with Crippen LogP contribution in [0.2, 0.25) is 0 Å². The zero-order valence-corrected chi connectivity index (χ0v) is 12.6. The molecule has 0 saturated carbocycles. The van der Waals surface area contributed by atoms with Crippen LogP contribution in [0, 0.1) is 0 Å². The molecule has 0 aliphatic heterocycles. The van der Waals surface area contributed by atoms with Crippen molar-refractivity contribution in [3.05, 3.63) is 36.7 Å². The van der Waals surface area contributed by atoms with Gasteiger partial charge in [-0.1, -0.05) is 35.5 Å². The van der Waals surface area contributed by atoms with Gasteiger partial charge in [0.1, 0.15) is 11.4 Å². The minimum Gasteiger partial charge on any atom is -0.329 e. The second-order valence-corrected chi connectivity index (χ2v) is 5.10. The molecule has 7 nitrogen and oxygen atoms in total. The van der Waals surface area contributed by atoms with Crippen molar-refractivity contribution in [3.8, 4) is 22.5 Å². The quantitative estimate of drug-likeness (QED) is 0.746. The highest BCUT2D eigenvalue weighted by molar-refractivity contribution is 5.68. The lowest BCUT2D eigenvalue weighted by Gasteiger charge is -2.00. The summed E-state index contributed by atoms with van der Waals surface area (Å²) in [6, 6.07) is 8.08. The molecule has 22 heavy (non-hydrogen) atoms. The van der Waals surface area contributed by atoms with Gasteiger partial charge < -0.3 is 5.73 Å². The maximum Gasteiger partial charge on any atom is 0.113 e. The van der Waals surface area contributed by atoms with E-state index in [-0.39, 0.29) is 0 Å². The summed E-state index contributed by atoms with van der Waals surface area (Å²) in [5.74, 6) is 0. The first-order chi connectivity index (χ1) is 10.8. The van der Waals surface area contributed by atoms with Crippen LogP contribution in [0.5, 0.6) is 0 Å². The van der Waals surface area contributed by atoms with Gasteiger partial charge in [0.2, 0.25) is 0 Å². The minimum atomic E-state index is 0.545. The summed E-state index contributed by atoms with van der Waals surface area (Å²) in [6.07, 6.45) is 4.90. The maximum absolute atomic E-state index is 5.53. The molecule has 0 amide bonds. The Labute approximate surface area is 128 Å². The van der Waals surface area contributed by atoms with Crippen LogP contribution < -0.4 is 5.73 Å². The molecule has 7 heteroatoms. The van der Waals surface area contributed by atoms with Crippen molar-refractivity contribution in [2.24, 2.45) is 5.73 Å². The molecule has 1 aromatic carbocycles. The molecule has 0 spiro atoms. The normalized spacial score (nSPS) is 11.0. The molecule has 114 valence electrons. The average Bonchev–Trinajstić information content (AvgIpc) is 3.18. The minimum absolute atomic E-state index is 0.545. The summed E-state index contributed by atoms with van der Waals surface area (Å²) in [6.45, 7) is 4.20. The third-order valence-corrected chi connectivity index (χ3v) is 3.34. The van der Waals surface area contributed by atoms with Crippen LogP contribution in [0.15, 0.2) is 36.7 Å². The number of nitrogens with two attached hydrogens (primary N) is 1. The van der Waals surface area contributed by atoms with Gasteiger partial charge in [-0.25, -0.2) is 0 Å². The molecule has 0 aliphatic carbocycles. The zero-order chi connectivity index (χ0) is 15.4. The van der Waals surface area contributed by atoms with Crippen LogP contribution in [0.1, 0.15) is 13.3 Å². The Kier molecular flexibility index (Phi) is 4.24. The highest BCUT2D eigenvalue weighted by Gasteiger charge is 2.08. The van der Waals surface area contributed by atoms with Gasteiger partial charge >= 0.3 is 0 Å². The van der Waals surface area contributed by atoms with Crippen LogP contribution >= 0.6 is 0 Å². The molecule has 0 saturated heterocycles. The lowest BCUT2D eigenvalue weighted by atomic mass is 10.1. The fourth-order valence-corrected chi connectivity index (χ4v) is 2.28. The summed E-state index contributed by atoms with van der Waals surface area (Å²) in [5.41, 5.74) is 9.25. The fraction of sp³-hybridized carbons (Fsp3) is 0.333. The Morgan fingerprint density at radius 1 is 0.955 bits per heavy atom. The van der Waals surface area contributed by atoms with Crippen molar-refractivity contribution in [2.75, 3.05) is 6.54 Å². The first-order valence-electron chi connectivity index (χ1n) is 7.41. The second kappa shape index (κ2) is 6.48. The molecule has 0 radical (unpaired) electrons. The third kappa shape index (κ3) is 3.04. The molecule has 0 fully saturated rings. The van der Waals surface area contributed by atoms with E-state index in [9.17, 15) is 0 Å². The van der Waals surface area contributed by atoms with Gasteiger partial charge in [-0.2, -0.15) is 0 Å². The van der Waals surface area contributed by atoms with Crippen molar-refractivity contribution in [1.82, 2.24) is 30.0 Å². The standard InChI is InChI=1S/C15H19N7/c1-2-7-21-10-14(17-19-21)12-4-3-5-13(9-12)15-11-22(8-6-16)20-18-15/h3-5,9-11H,2,6-8,16H2,1H3. The lowest BCUT2D eigenvalue weighted by molar-refractivity contribution is 0.579. The lowest BCUT2D eigenvalue weighted by Crippen LogP contribution is -2.10. The van der Waals surface area contributed by atoms with Crippen molar-refractivity contribution in [1.29, 1.82) is 0 Å². The SMILES string of the molecule is CCCn1cc(-c2cccc(-c3cn(CCN)nn3)c2)nn1. The number of rotatable bonds is 6. The molecular formula is C15H19N7. The first-order valence-corrected chi connectivity index (χ1v) is 7.41. The van der Waals surface area contributed by atoms with E-state index in [0.29, 0.717) is 13.1 Å². The summed E-state index contributed by atoms with van der Waals surface area (Å²) in [4.78, 5) is 0. The highest BCUT2D eigenvalue weighted by Crippen LogP contribution is 2.23. The number of hydrogen-bond donors (Lipinski definition) is 1. The van der Waals surface area contributed by atoms with Gasteiger partial charge in [-0.05, 0) is 12.5 Å². The topological polar surface area (TPSA) is 87.4 Å². The predicted molar refractivity (Wildman–Crippen MR) is 83.8 cm³/mol. The molecule has 2 N–H and O–H groups in total. The van der Waals surface area contributed by atoms with Crippen LogP contribution in [-0.2, 0) is 13.1 Å². The molecule has 0 aliphatic rings. The summed E-state index contributed by atoms with van der Waals surface area (Å²) in [5, 5.41) is 16.6. The van der Waals surface area contributed by atoms with E-state index in [1.165, 1.54) is 0 Å². The van der Waals surface area contributed by atoms with Gasteiger partial charge in [0.05, 0.1) is 18.9 Å². The third-order valence-electron chi connectivity index (χ3n) is 3.34. The number of hydrogen-bond acceptors (Lipinski definition) is 5. The Morgan fingerprint density at radius 3 is 2.09 bits per heavy atom. The van der Waals surface area contributed by atoms with Gasteiger partial charge in [0, 0.05) is 24.2 Å². The van der Waals surface area contributed by atoms with E-state index in [1.54, 1.807) is 4.68 Å². The van der Waals surface area contributed by atoms with Crippen molar-refractivity contribution in [3.63, 3.8) is 0 Å². The monoisotopic (exact) mass is 297 g/mol. The smallest absolute Gasteiger partial charge is 0.113 e. The highest BCUT2D eigenvalue weighted by atomic mass is 15.4. The van der Waals surface area contributed by atoms with Crippen molar-refractivity contribution in [2.45, 2.75) is 26.4 Å². The van der Waals surface area contributed by atoms with Crippen LogP contribution in [0.3, 0.4) is 0 Å². The van der Waals surface area contributed by atoms with Crippen molar-refractivity contribution >= 4 is 0 Å². The predicted octanol–water partition coefficient (Wildman–Crippen LogP) is 1.57. The first kappa shape index (κ1) is 14.4. The van der Waals surface area contributed by atoms with Crippen LogP contribution in [0.4, 0.5) is 0 Å². The molecule has 0 atom stereocenters. The number of aryl methyl sites for hydroxylation is 1. The largest absolute Gasteiger partial charge is 0.329 e. The fourth-order valence-electron chi connectivity index (χ4n) is 2.28. The Balaban J connectivity index is 1.87. The maximum atomic E-state index is 5.53. The van der Waals surface area contributed by atoms with Crippen molar-refractivity contribution < 1.29 is 0 Å². The summed E-state index contributed by atoms with van der Waals surface area (Å²) in [7, 11) is 0. The Bertz CT molecular complexity index is 684. The van der Waals surface area contributed by atoms with Crippen LogP contribution in [0.25, 0.3) is 22.5 Å². The molecule has 2 heterocycles. The van der Waals surface area contributed by atoms with Gasteiger partial charge in [0.15, 0.2) is 0 Å². The zero-order valence-electron chi connectivity index (χ0n) is 12.6. The summed E-state index contributed by atoms with van der Waals surface area (Å²) < 4.78 is 3.61. The van der Waals surface area contributed by atoms with E-state index in [1.807, 2.05) is 35.3 Å². The Hall–Kier alpha value is -2.54. The van der Waals surface area contributed by atoms with E-state index >= 15 is 0 Å². The number of benzene rings is 1. The van der Waals surface area contributed by atoms with Gasteiger partial charge in [-0.3, -0.25) is 9.36 Å². The van der Waals surface area contributed by atoms with Gasteiger partial charge in [0.25, 0.3) is 0 Å². The Morgan fingerprint density at radius 2 is 1.55 bits per heavy atom. The molecular weight excluding hydrogens is 278 g/mol.